The molecule has 4 nitrogen and oxygen atoms in total. The largest absolute Gasteiger partial charge is 0.497 e. The van der Waals surface area contributed by atoms with Gasteiger partial charge in [-0.2, -0.15) is 0 Å². The highest BCUT2D eigenvalue weighted by atomic mass is 16.5. The molecule has 2 N–H and O–H groups in total. The van der Waals surface area contributed by atoms with Crippen LogP contribution in [0.5, 0.6) is 5.75 Å². The first-order chi connectivity index (χ1) is 9.78. The van der Waals surface area contributed by atoms with E-state index in [1.54, 1.807) is 13.4 Å². The zero-order valence-corrected chi connectivity index (χ0v) is 11.7. The Morgan fingerprint density at radius 3 is 2.95 bits per heavy atom. The van der Waals surface area contributed by atoms with Crippen LogP contribution in [0.4, 0.5) is 0 Å². The lowest BCUT2D eigenvalue weighted by molar-refractivity contribution is 0.159. The number of aryl methyl sites for hydroxylation is 1. The number of ether oxygens (including phenoxy) is 1. The molecular formula is C16H21NO3. The molecule has 0 aliphatic heterocycles. The first-order valence-electron chi connectivity index (χ1n) is 6.82. The molecule has 108 valence electrons. The van der Waals surface area contributed by atoms with Crippen LogP contribution in [0.3, 0.4) is 0 Å². The van der Waals surface area contributed by atoms with Gasteiger partial charge in [0, 0.05) is 19.5 Å². The van der Waals surface area contributed by atoms with Gasteiger partial charge in [-0.25, -0.2) is 0 Å². The molecule has 2 aromatic rings. The maximum Gasteiger partial charge on any atom is 0.119 e. The van der Waals surface area contributed by atoms with Gasteiger partial charge in [0.1, 0.15) is 11.5 Å². The molecule has 0 unspecified atom stereocenters. The number of hydrogen-bond acceptors (Lipinski definition) is 4. The summed E-state index contributed by atoms with van der Waals surface area (Å²) >= 11 is 0. The Hall–Kier alpha value is -1.78. The normalized spacial score (nSPS) is 12.3. The summed E-state index contributed by atoms with van der Waals surface area (Å²) in [7, 11) is 1.66. The summed E-state index contributed by atoms with van der Waals surface area (Å²) in [4.78, 5) is 0. The van der Waals surface area contributed by atoms with Gasteiger partial charge in [0.15, 0.2) is 0 Å². The van der Waals surface area contributed by atoms with Crippen molar-refractivity contribution in [2.75, 3.05) is 13.7 Å². The van der Waals surface area contributed by atoms with Crippen LogP contribution in [-0.2, 0) is 13.0 Å². The maximum absolute atomic E-state index is 9.90. The third-order valence-electron chi connectivity index (χ3n) is 3.15. The van der Waals surface area contributed by atoms with Gasteiger partial charge in [-0.3, -0.25) is 0 Å². The molecule has 4 heteroatoms. The molecule has 1 aromatic heterocycles. The highest BCUT2D eigenvalue weighted by Crippen LogP contribution is 2.12. The van der Waals surface area contributed by atoms with Gasteiger partial charge in [-0.05, 0) is 36.2 Å². The van der Waals surface area contributed by atoms with Crippen LogP contribution in [0.1, 0.15) is 17.7 Å². The number of nitrogens with one attached hydrogen (secondary N) is 1. The Morgan fingerprint density at radius 1 is 1.30 bits per heavy atom. The topological polar surface area (TPSA) is 54.6 Å². The van der Waals surface area contributed by atoms with Gasteiger partial charge in [-0.1, -0.05) is 12.1 Å². The Bertz CT molecular complexity index is 496. The lowest BCUT2D eigenvalue weighted by Crippen LogP contribution is -2.26. The van der Waals surface area contributed by atoms with Crippen molar-refractivity contribution in [3.05, 3.63) is 54.0 Å². The van der Waals surface area contributed by atoms with E-state index in [9.17, 15) is 5.11 Å². The van der Waals surface area contributed by atoms with E-state index in [4.69, 9.17) is 9.15 Å². The van der Waals surface area contributed by atoms with E-state index in [-0.39, 0.29) is 6.10 Å². The second kappa shape index (κ2) is 7.72. The molecule has 2 rings (SSSR count). The average Bonchev–Trinajstić information content (AvgIpc) is 2.99. The van der Waals surface area contributed by atoms with Gasteiger partial charge in [0.05, 0.1) is 19.5 Å². The molecular weight excluding hydrogens is 254 g/mol. The SMILES string of the molecule is COc1cccc(CNC[C@H](O)CCc2ccco2)c1. The lowest BCUT2D eigenvalue weighted by Gasteiger charge is -2.11. The van der Waals surface area contributed by atoms with E-state index < -0.39 is 0 Å². The minimum atomic E-state index is -0.370. The van der Waals surface area contributed by atoms with Crippen LogP contribution in [0.2, 0.25) is 0 Å². The van der Waals surface area contributed by atoms with Crippen molar-refractivity contribution in [1.29, 1.82) is 0 Å². The van der Waals surface area contributed by atoms with E-state index in [2.05, 4.69) is 5.32 Å². The summed E-state index contributed by atoms with van der Waals surface area (Å²) < 4.78 is 10.4. The predicted molar refractivity (Wildman–Crippen MR) is 77.7 cm³/mol. The molecule has 0 aliphatic rings. The lowest BCUT2D eigenvalue weighted by atomic mass is 10.1. The van der Waals surface area contributed by atoms with Gasteiger partial charge in [0.2, 0.25) is 0 Å². The number of methoxy groups -OCH3 is 1. The summed E-state index contributed by atoms with van der Waals surface area (Å²) in [5.41, 5.74) is 1.14. The Balaban J connectivity index is 1.66. The van der Waals surface area contributed by atoms with E-state index >= 15 is 0 Å². The quantitative estimate of drug-likeness (QED) is 0.776. The average molecular weight is 275 g/mol. The zero-order chi connectivity index (χ0) is 14.2. The molecule has 0 radical (unpaired) electrons. The summed E-state index contributed by atoms with van der Waals surface area (Å²) in [6.45, 7) is 1.28. The van der Waals surface area contributed by atoms with Crippen LogP contribution >= 0.6 is 0 Å². The predicted octanol–water partition coefficient (Wildman–Crippen LogP) is 2.37. The number of aliphatic hydroxyl groups excluding tert-OH is 1. The third kappa shape index (κ3) is 4.72. The number of benzene rings is 1. The molecule has 0 amide bonds. The molecule has 0 aliphatic carbocycles. The summed E-state index contributed by atoms with van der Waals surface area (Å²) in [5.74, 6) is 1.76. The van der Waals surface area contributed by atoms with Crippen LogP contribution in [-0.4, -0.2) is 24.9 Å². The van der Waals surface area contributed by atoms with Gasteiger partial charge in [-0.15, -0.1) is 0 Å². The van der Waals surface area contributed by atoms with Crippen LogP contribution in [0.25, 0.3) is 0 Å². The fourth-order valence-electron chi connectivity index (χ4n) is 2.03. The monoisotopic (exact) mass is 275 g/mol. The summed E-state index contributed by atoms with van der Waals surface area (Å²) in [6, 6.07) is 11.7. The fourth-order valence-corrected chi connectivity index (χ4v) is 2.03. The fraction of sp³-hybridized carbons (Fsp3) is 0.375. The molecule has 0 saturated heterocycles. The van der Waals surface area contributed by atoms with Crippen molar-refractivity contribution in [3.63, 3.8) is 0 Å². The second-order valence-corrected chi connectivity index (χ2v) is 4.75. The van der Waals surface area contributed by atoms with Gasteiger partial charge in [0.25, 0.3) is 0 Å². The van der Waals surface area contributed by atoms with Crippen molar-refractivity contribution in [2.24, 2.45) is 0 Å². The van der Waals surface area contributed by atoms with E-state index in [0.29, 0.717) is 13.0 Å². The Labute approximate surface area is 119 Å². The van der Waals surface area contributed by atoms with Crippen molar-refractivity contribution < 1.29 is 14.3 Å². The second-order valence-electron chi connectivity index (χ2n) is 4.75. The standard InChI is InChI=1S/C16H21NO3/c1-19-16-5-2-4-13(10-16)11-17-12-14(18)7-8-15-6-3-9-20-15/h2-6,9-10,14,17-18H,7-8,11-12H2,1H3/t14-/m1/s1. The maximum atomic E-state index is 9.90. The number of rotatable bonds is 8. The Morgan fingerprint density at radius 2 is 2.20 bits per heavy atom. The highest BCUT2D eigenvalue weighted by Gasteiger charge is 2.05. The van der Waals surface area contributed by atoms with Gasteiger partial charge < -0.3 is 19.6 Å². The molecule has 1 atom stereocenters. The van der Waals surface area contributed by atoms with E-state index in [1.165, 1.54) is 0 Å². The van der Waals surface area contributed by atoms with Crippen LogP contribution < -0.4 is 10.1 Å². The van der Waals surface area contributed by atoms with Gasteiger partial charge >= 0.3 is 0 Å². The smallest absolute Gasteiger partial charge is 0.119 e. The van der Waals surface area contributed by atoms with E-state index in [0.717, 1.165) is 30.0 Å². The molecule has 20 heavy (non-hydrogen) atoms. The molecule has 0 spiro atoms. The first kappa shape index (κ1) is 14.6. The van der Waals surface area contributed by atoms with Crippen molar-refractivity contribution in [2.45, 2.75) is 25.5 Å². The summed E-state index contributed by atoms with van der Waals surface area (Å²) in [5, 5.41) is 13.1. The summed E-state index contributed by atoms with van der Waals surface area (Å²) in [6.07, 6.45) is 2.74. The number of aliphatic hydroxyl groups is 1. The number of hydrogen-bond donors (Lipinski definition) is 2. The third-order valence-corrected chi connectivity index (χ3v) is 3.15. The molecule has 1 aromatic carbocycles. The molecule has 1 heterocycles. The van der Waals surface area contributed by atoms with Crippen LogP contribution in [0.15, 0.2) is 47.1 Å². The number of furan rings is 1. The highest BCUT2D eigenvalue weighted by molar-refractivity contribution is 5.28. The minimum Gasteiger partial charge on any atom is -0.497 e. The first-order valence-corrected chi connectivity index (χ1v) is 6.82. The Kier molecular flexibility index (Phi) is 5.65. The van der Waals surface area contributed by atoms with Crippen LogP contribution in [0, 0.1) is 0 Å². The minimum absolute atomic E-state index is 0.370. The van der Waals surface area contributed by atoms with Crippen molar-refractivity contribution >= 4 is 0 Å². The van der Waals surface area contributed by atoms with E-state index in [1.807, 2.05) is 36.4 Å². The van der Waals surface area contributed by atoms with Crippen molar-refractivity contribution in [1.82, 2.24) is 5.32 Å². The molecule has 0 bridgehead atoms. The molecule has 0 saturated carbocycles. The molecule has 0 fully saturated rings. The van der Waals surface area contributed by atoms with Crippen molar-refractivity contribution in [3.8, 4) is 5.75 Å². The zero-order valence-electron chi connectivity index (χ0n) is 11.7.